The van der Waals surface area contributed by atoms with Crippen molar-refractivity contribution < 1.29 is 9.53 Å². The second-order valence-corrected chi connectivity index (χ2v) is 5.04. The molecular weight excluding hydrogens is 306 g/mol. The van der Waals surface area contributed by atoms with Crippen molar-refractivity contribution in [2.45, 2.75) is 32.4 Å². The zero-order valence-corrected chi connectivity index (χ0v) is 12.8. The minimum absolute atomic E-state index is 0.0807. The molecule has 4 heteroatoms. The topological polar surface area (TPSA) is 38.3 Å². The van der Waals surface area contributed by atoms with Gasteiger partial charge in [0.2, 0.25) is 0 Å². The highest BCUT2D eigenvalue weighted by Gasteiger charge is 2.09. The number of carbonyl (C=O) groups excluding carboxylic acids is 1. The van der Waals surface area contributed by atoms with Crippen molar-refractivity contribution in [3.05, 3.63) is 33.8 Å². The molecule has 1 rings (SSSR count). The molecule has 1 aromatic rings. The number of terminal acetylenes is 1. The standard InChI is InChI=1S/C15H18BrNO2/c1-4-6-13(5-2)17-10-12-8-7-11(9-14(12)16)15(18)19-3/h2,7-9,13,17H,4,6,10H2,1,3H3. The van der Waals surface area contributed by atoms with Crippen LogP contribution < -0.4 is 5.32 Å². The first kappa shape index (κ1) is 15.7. The van der Waals surface area contributed by atoms with Gasteiger partial charge in [-0.3, -0.25) is 5.32 Å². The van der Waals surface area contributed by atoms with E-state index >= 15 is 0 Å². The monoisotopic (exact) mass is 323 g/mol. The Bertz CT molecular complexity index is 480. The molecule has 0 spiro atoms. The molecule has 1 N–H and O–H groups in total. The summed E-state index contributed by atoms with van der Waals surface area (Å²) < 4.78 is 5.55. The van der Waals surface area contributed by atoms with Crippen molar-refractivity contribution in [2.24, 2.45) is 0 Å². The van der Waals surface area contributed by atoms with E-state index in [9.17, 15) is 4.79 Å². The second kappa shape index (κ2) is 7.98. The van der Waals surface area contributed by atoms with Gasteiger partial charge >= 0.3 is 5.97 Å². The van der Waals surface area contributed by atoms with Crippen LogP contribution in [0.3, 0.4) is 0 Å². The summed E-state index contributed by atoms with van der Waals surface area (Å²) in [7, 11) is 1.37. The van der Waals surface area contributed by atoms with Crippen LogP contribution in [0.2, 0.25) is 0 Å². The number of ether oxygens (including phenoxy) is 1. The first-order valence-electron chi connectivity index (χ1n) is 6.18. The first-order chi connectivity index (χ1) is 9.12. The summed E-state index contributed by atoms with van der Waals surface area (Å²) >= 11 is 3.46. The Morgan fingerprint density at radius 2 is 2.32 bits per heavy atom. The largest absolute Gasteiger partial charge is 0.465 e. The highest BCUT2D eigenvalue weighted by molar-refractivity contribution is 9.10. The summed E-state index contributed by atoms with van der Waals surface area (Å²) in [5.41, 5.74) is 1.59. The van der Waals surface area contributed by atoms with Gasteiger partial charge in [0.25, 0.3) is 0 Å². The molecule has 0 amide bonds. The molecular formula is C15H18BrNO2. The minimum Gasteiger partial charge on any atom is -0.465 e. The first-order valence-corrected chi connectivity index (χ1v) is 6.97. The van der Waals surface area contributed by atoms with Crippen molar-refractivity contribution in [2.75, 3.05) is 7.11 Å². The molecule has 102 valence electrons. The van der Waals surface area contributed by atoms with Crippen LogP contribution in [0.1, 0.15) is 35.7 Å². The Balaban J connectivity index is 2.70. The van der Waals surface area contributed by atoms with Crippen molar-refractivity contribution in [3.8, 4) is 12.3 Å². The Morgan fingerprint density at radius 3 is 2.84 bits per heavy atom. The fraction of sp³-hybridized carbons (Fsp3) is 0.400. The highest BCUT2D eigenvalue weighted by Crippen LogP contribution is 2.19. The van der Waals surface area contributed by atoms with E-state index in [-0.39, 0.29) is 12.0 Å². The molecule has 1 unspecified atom stereocenters. The molecule has 3 nitrogen and oxygen atoms in total. The number of hydrogen-bond acceptors (Lipinski definition) is 3. The quantitative estimate of drug-likeness (QED) is 0.645. The predicted octanol–water partition coefficient (Wildman–Crippen LogP) is 3.13. The van der Waals surface area contributed by atoms with Gasteiger partial charge in [0, 0.05) is 11.0 Å². The summed E-state index contributed by atoms with van der Waals surface area (Å²) in [6, 6.07) is 5.48. The summed E-state index contributed by atoms with van der Waals surface area (Å²) in [6.07, 6.45) is 7.46. The molecule has 0 heterocycles. The Hall–Kier alpha value is -1.31. The Kier molecular flexibility index (Phi) is 6.61. The molecule has 1 atom stereocenters. The van der Waals surface area contributed by atoms with Crippen LogP contribution in [0.15, 0.2) is 22.7 Å². The van der Waals surface area contributed by atoms with Crippen LogP contribution >= 0.6 is 15.9 Å². The zero-order chi connectivity index (χ0) is 14.3. The van der Waals surface area contributed by atoms with E-state index in [4.69, 9.17) is 6.42 Å². The van der Waals surface area contributed by atoms with Gasteiger partial charge in [-0.25, -0.2) is 4.79 Å². The normalized spacial score (nSPS) is 11.7. The van der Waals surface area contributed by atoms with Crippen LogP contribution in [-0.2, 0) is 11.3 Å². The fourth-order valence-corrected chi connectivity index (χ4v) is 2.22. The number of hydrogen-bond donors (Lipinski definition) is 1. The lowest BCUT2D eigenvalue weighted by Gasteiger charge is -2.13. The summed E-state index contributed by atoms with van der Waals surface area (Å²) in [4.78, 5) is 11.4. The number of benzene rings is 1. The maximum absolute atomic E-state index is 11.4. The average molecular weight is 324 g/mol. The number of rotatable bonds is 6. The van der Waals surface area contributed by atoms with Crippen LogP contribution in [0.5, 0.6) is 0 Å². The molecule has 0 saturated carbocycles. The van der Waals surface area contributed by atoms with Gasteiger partial charge < -0.3 is 4.74 Å². The third kappa shape index (κ3) is 4.70. The molecule has 0 aliphatic heterocycles. The van der Waals surface area contributed by atoms with Crippen molar-refractivity contribution >= 4 is 21.9 Å². The van der Waals surface area contributed by atoms with E-state index in [1.54, 1.807) is 12.1 Å². The molecule has 19 heavy (non-hydrogen) atoms. The van der Waals surface area contributed by atoms with Crippen LogP contribution in [0.4, 0.5) is 0 Å². The number of carbonyl (C=O) groups is 1. The van der Waals surface area contributed by atoms with E-state index in [0.29, 0.717) is 12.1 Å². The van der Waals surface area contributed by atoms with Crippen LogP contribution in [0, 0.1) is 12.3 Å². The number of esters is 1. The molecule has 0 aliphatic rings. The number of methoxy groups -OCH3 is 1. The summed E-state index contributed by atoms with van der Waals surface area (Å²) in [5.74, 6) is 2.39. The molecule has 0 aromatic heterocycles. The van der Waals surface area contributed by atoms with E-state index in [1.807, 2.05) is 6.07 Å². The van der Waals surface area contributed by atoms with Gasteiger partial charge in [0.05, 0.1) is 18.7 Å². The molecule has 0 fully saturated rings. The van der Waals surface area contributed by atoms with Crippen molar-refractivity contribution in [1.82, 2.24) is 5.32 Å². The predicted molar refractivity (Wildman–Crippen MR) is 79.9 cm³/mol. The number of halogens is 1. The highest BCUT2D eigenvalue weighted by atomic mass is 79.9. The average Bonchev–Trinajstić information content (AvgIpc) is 2.43. The van der Waals surface area contributed by atoms with Gasteiger partial charge in [0.15, 0.2) is 0 Å². The molecule has 0 aliphatic carbocycles. The lowest BCUT2D eigenvalue weighted by atomic mass is 10.1. The Morgan fingerprint density at radius 1 is 1.58 bits per heavy atom. The molecule has 0 saturated heterocycles. The van der Waals surface area contributed by atoms with E-state index in [1.165, 1.54) is 7.11 Å². The Labute approximate surface area is 122 Å². The van der Waals surface area contributed by atoms with Crippen molar-refractivity contribution in [1.29, 1.82) is 0 Å². The fourth-order valence-electron chi connectivity index (χ4n) is 1.70. The maximum atomic E-state index is 11.4. The second-order valence-electron chi connectivity index (χ2n) is 4.19. The molecule has 0 radical (unpaired) electrons. The van der Waals surface area contributed by atoms with Gasteiger partial charge in [-0.1, -0.05) is 41.3 Å². The van der Waals surface area contributed by atoms with Gasteiger partial charge in [-0.15, -0.1) is 6.42 Å². The lowest BCUT2D eigenvalue weighted by Crippen LogP contribution is -2.26. The summed E-state index contributed by atoms with van der Waals surface area (Å²) in [6.45, 7) is 2.77. The minimum atomic E-state index is -0.340. The molecule has 0 bridgehead atoms. The third-order valence-electron chi connectivity index (χ3n) is 2.79. The van der Waals surface area contributed by atoms with E-state index < -0.39 is 0 Å². The third-order valence-corrected chi connectivity index (χ3v) is 3.53. The molecule has 1 aromatic carbocycles. The van der Waals surface area contributed by atoms with Gasteiger partial charge in [-0.05, 0) is 24.1 Å². The van der Waals surface area contributed by atoms with E-state index in [0.717, 1.165) is 22.9 Å². The zero-order valence-electron chi connectivity index (χ0n) is 11.2. The van der Waals surface area contributed by atoms with Crippen molar-refractivity contribution in [3.63, 3.8) is 0 Å². The van der Waals surface area contributed by atoms with Crippen LogP contribution in [0.25, 0.3) is 0 Å². The van der Waals surface area contributed by atoms with Gasteiger partial charge in [-0.2, -0.15) is 0 Å². The summed E-state index contributed by atoms with van der Waals surface area (Å²) in [5, 5.41) is 3.31. The maximum Gasteiger partial charge on any atom is 0.337 e. The van der Waals surface area contributed by atoms with E-state index in [2.05, 4.69) is 38.8 Å². The smallest absolute Gasteiger partial charge is 0.337 e. The SMILES string of the molecule is C#CC(CCC)NCc1ccc(C(=O)OC)cc1Br. The lowest BCUT2D eigenvalue weighted by molar-refractivity contribution is 0.0600. The van der Waals surface area contributed by atoms with Gasteiger partial charge in [0.1, 0.15) is 0 Å². The number of nitrogens with one attached hydrogen (secondary N) is 1. The van der Waals surface area contributed by atoms with Crippen LogP contribution in [-0.4, -0.2) is 19.1 Å².